The summed E-state index contributed by atoms with van der Waals surface area (Å²) in [7, 11) is 1.66. The highest BCUT2D eigenvalue weighted by Crippen LogP contribution is 2.43. The highest BCUT2D eigenvalue weighted by molar-refractivity contribution is 9.11. The third kappa shape index (κ3) is 2.77. The molecule has 0 radical (unpaired) electrons. The summed E-state index contributed by atoms with van der Waals surface area (Å²) in [5, 5.41) is 2.91. The quantitative estimate of drug-likeness (QED) is 0.567. The Labute approximate surface area is 132 Å². The van der Waals surface area contributed by atoms with Gasteiger partial charge in [0.05, 0.1) is 17.0 Å². The number of alkyl halides is 1. The first-order chi connectivity index (χ1) is 8.54. The summed E-state index contributed by atoms with van der Waals surface area (Å²) in [5.74, 6) is 0.832. The molecule has 2 aromatic rings. The van der Waals surface area contributed by atoms with Crippen molar-refractivity contribution in [3.8, 4) is 5.75 Å². The first-order valence-corrected chi connectivity index (χ1v) is 8.22. The van der Waals surface area contributed by atoms with Gasteiger partial charge >= 0.3 is 0 Å². The Hall–Kier alpha value is -0.0300. The summed E-state index contributed by atoms with van der Waals surface area (Å²) in [4.78, 5) is 1.21. The summed E-state index contributed by atoms with van der Waals surface area (Å²) in [5.41, 5.74) is 2.25. The van der Waals surface area contributed by atoms with Gasteiger partial charge in [-0.25, -0.2) is 0 Å². The molecule has 0 amide bonds. The molecule has 0 N–H and O–H groups in total. The number of benzene rings is 1. The lowest BCUT2D eigenvalue weighted by atomic mass is 10.1. The first kappa shape index (κ1) is 14.4. The van der Waals surface area contributed by atoms with Crippen molar-refractivity contribution < 1.29 is 4.74 Å². The third-order valence-electron chi connectivity index (χ3n) is 2.64. The summed E-state index contributed by atoms with van der Waals surface area (Å²) in [6.07, 6.45) is 0. The zero-order chi connectivity index (χ0) is 13.3. The maximum atomic E-state index is 6.30. The van der Waals surface area contributed by atoms with E-state index in [2.05, 4.69) is 37.2 Å². The Morgan fingerprint density at radius 3 is 2.61 bits per heavy atom. The van der Waals surface area contributed by atoms with Crippen molar-refractivity contribution in [3.63, 3.8) is 0 Å². The number of aryl methyl sites for hydroxylation is 1. The SMILES string of the molecule is COc1ccc(C(Br)c2scc(C)c2Cl)c(Br)c1. The molecule has 0 aliphatic heterocycles. The molecular weight excluding hydrogens is 399 g/mol. The lowest BCUT2D eigenvalue weighted by molar-refractivity contribution is 0.414. The second kappa shape index (κ2) is 5.95. The zero-order valence-corrected chi connectivity index (χ0v) is 14.6. The van der Waals surface area contributed by atoms with Gasteiger partial charge in [0, 0.05) is 9.35 Å². The Morgan fingerprint density at radius 1 is 1.39 bits per heavy atom. The standard InChI is InChI=1S/C13H11Br2ClOS/c1-7-6-18-13(12(7)16)11(15)9-4-3-8(17-2)5-10(9)14/h3-6,11H,1-2H3. The maximum Gasteiger partial charge on any atom is 0.120 e. The largest absolute Gasteiger partial charge is 0.497 e. The Kier molecular flexibility index (Phi) is 4.75. The number of halogens is 3. The van der Waals surface area contributed by atoms with Crippen LogP contribution in [-0.4, -0.2) is 7.11 Å². The van der Waals surface area contributed by atoms with E-state index < -0.39 is 0 Å². The second-order valence-corrected chi connectivity index (χ2v) is 6.91. The van der Waals surface area contributed by atoms with Crippen molar-refractivity contribution in [2.24, 2.45) is 0 Å². The second-order valence-electron chi connectivity index (χ2n) is 3.85. The van der Waals surface area contributed by atoms with Gasteiger partial charge in [-0.15, -0.1) is 11.3 Å². The molecule has 1 heterocycles. The monoisotopic (exact) mass is 408 g/mol. The van der Waals surface area contributed by atoms with Crippen LogP contribution in [0.1, 0.15) is 20.8 Å². The average Bonchev–Trinajstić information content (AvgIpc) is 2.69. The smallest absolute Gasteiger partial charge is 0.120 e. The van der Waals surface area contributed by atoms with Crippen LogP contribution in [0.25, 0.3) is 0 Å². The summed E-state index contributed by atoms with van der Waals surface area (Å²) in [6.45, 7) is 2.02. The number of thiophene rings is 1. The highest BCUT2D eigenvalue weighted by Gasteiger charge is 2.19. The molecule has 0 aliphatic carbocycles. The van der Waals surface area contributed by atoms with Crippen LogP contribution in [0.4, 0.5) is 0 Å². The van der Waals surface area contributed by atoms with E-state index in [9.17, 15) is 0 Å². The fraction of sp³-hybridized carbons (Fsp3) is 0.231. The lowest BCUT2D eigenvalue weighted by Crippen LogP contribution is -1.93. The fourth-order valence-electron chi connectivity index (χ4n) is 1.60. The maximum absolute atomic E-state index is 6.30. The van der Waals surface area contributed by atoms with Crippen molar-refractivity contribution in [2.75, 3.05) is 7.11 Å². The highest BCUT2D eigenvalue weighted by atomic mass is 79.9. The van der Waals surface area contributed by atoms with E-state index in [0.29, 0.717) is 0 Å². The van der Waals surface area contributed by atoms with E-state index >= 15 is 0 Å². The summed E-state index contributed by atoms with van der Waals surface area (Å²) < 4.78 is 6.20. The number of hydrogen-bond donors (Lipinski definition) is 0. The van der Waals surface area contributed by atoms with Gasteiger partial charge in [0.25, 0.3) is 0 Å². The molecule has 1 atom stereocenters. The zero-order valence-electron chi connectivity index (χ0n) is 9.84. The van der Waals surface area contributed by atoms with Crippen LogP contribution in [0, 0.1) is 6.92 Å². The van der Waals surface area contributed by atoms with Gasteiger partial charge < -0.3 is 4.74 Å². The lowest BCUT2D eigenvalue weighted by Gasteiger charge is -2.12. The molecule has 18 heavy (non-hydrogen) atoms. The van der Waals surface area contributed by atoms with Crippen LogP contribution in [-0.2, 0) is 0 Å². The molecule has 0 spiro atoms. The van der Waals surface area contributed by atoms with Crippen LogP contribution in [0.3, 0.4) is 0 Å². The van der Waals surface area contributed by atoms with Gasteiger partial charge in [-0.05, 0) is 35.6 Å². The Morgan fingerprint density at radius 2 is 2.11 bits per heavy atom. The molecule has 1 aromatic carbocycles. The van der Waals surface area contributed by atoms with E-state index in [0.717, 1.165) is 31.2 Å². The van der Waals surface area contributed by atoms with Crippen molar-refractivity contribution in [1.82, 2.24) is 0 Å². The number of hydrogen-bond acceptors (Lipinski definition) is 2. The van der Waals surface area contributed by atoms with E-state index in [-0.39, 0.29) is 4.83 Å². The fourth-order valence-corrected chi connectivity index (χ4v) is 4.87. The van der Waals surface area contributed by atoms with Crippen molar-refractivity contribution in [2.45, 2.75) is 11.8 Å². The molecule has 2 rings (SSSR count). The van der Waals surface area contributed by atoms with E-state index in [1.807, 2.05) is 25.1 Å². The molecule has 1 unspecified atom stereocenters. The third-order valence-corrected chi connectivity index (χ3v) is 6.36. The molecule has 0 fully saturated rings. The molecule has 0 bridgehead atoms. The molecule has 1 nitrogen and oxygen atoms in total. The Balaban J connectivity index is 2.40. The first-order valence-electron chi connectivity index (χ1n) is 5.25. The van der Waals surface area contributed by atoms with Gasteiger partial charge in [0.15, 0.2) is 0 Å². The molecule has 0 saturated heterocycles. The van der Waals surface area contributed by atoms with E-state index in [1.54, 1.807) is 18.4 Å². The number of methoxy groups -OCH3 is 1. The predicted molar refractivity (Wildman–Crippen MR) is 85.5 cm³/mol. The molecule has 0 saturated carbocycles. The van der Waals surface area contributed by atoms with Gasteiger partial charge in [0.2, 0.25) is 0 Å². The van der Waals surface area contributed by atoms with Crippen molar-refractivity contribution in [3.05, 3.63) is 49.1 Å². The van der Waals surface area contributed by atoms with Crippen molar-refractivity contribution >= 4 is 54.8 Å². The predicted octanol–water partition coefficient (Wildman–Crippen LogP) is 5.97. The van der Waals surface area contributed by atoms with Gasteiger partial charge in [-0.2, -0.15) is 0 Å². The normalized spacial score (nSPS) is 12.5. The molecular formula is C13H11Br2ClOS. The van der Waals surface area contributed by atoms with Crippen molar-refractivity contribution in [1.29, 1.82) is 0 Å². The van der Waals surface area contributed by atoms with E-state index in [4.69, 9.17) is 16.3 Å². The minimum atomic E-state index is 0.0870. The molecule has 96 valence electrons. The number of ether oxygens (including phenoxy) is 1. The van der Waals surface area contributed by atoms with E-state index in [1.165, 1.54) is 0 Å². The van der Waals surface area contributed by atoms with Crippen LogP contribution in [0.5, 0.6) is 5.75 Å². The van der Waals surface area contributed by atoms with Crippen LogP contribution < -0.4 is 4.74 Å². The number of rotatable bonds is 3. The molecule has 0 aliphatic rings. The van der Waals surface area contributed by atoms with Crippen LogP contribution in [0.2, 0.25) is 5.02 Å². The van der Waals surface area contributed by atoms with Crippen LogP contribution in [0.15, 0.2) is 28.1 Å². The van der Waals surface area contributed by atoms with Gasteiger partial charge in [-0.3, -0.25) is 0 Å². The molecule has 5 heteroatoms. The van der Waals surface area contributed by atoms with Gasteiger partial charge in [-0.1, -0.05) is 49.5 Å². The summed E-state index contributed by atoms with van der Waals surface area (Å²) >= 11 is 15.3. The minimum absolute atomic E-state index is 0.0870. The summed E-state index contributed by atoms with van der Waals surface area (Å²) in [6, 6.07) is 5.94. The van der Waals surface area contributed by atoms with Crippen LogP contribution >= 0.6 is 54.8 Å². The minimum Gasteiger partial charge on any atom is -0.497 e. The molecule has 1 aromatic heterocycles. The average molecular weight is 411 g/mol. The topological polar surface area (TPSA) is 9.23 Å². The Bertz CT molecular complexity index is 568. The van der Waals surface area contributed by atoms with Gasteiger partial charge in [0.1, 0.15) is 5.75 Å².